The highest BCUT2D eigenvalue weighted by molar-refractivity contribution is 5.10. The van der Waals surface area contributed by atoms with E-state index in [4.69, 9.17) is 0 Å². The molecule has 34 heavy (non-hydrogen) atoms. The Morgan fingerprint density at radius 1 is 0.853 bits per heavy atom. The lowest BCUT2D eigenvalue weighted by Crippen LogP contribution is -2.54. The molecule has 0 saturated heterocycles. The first-order valence-corrected chi connectivity index (χ1v) is 14.3. The Bertz CT molecular complexity index is 664. The molecule has 9 unspecified atom stereocenters. The highest BCUT2D eigenvalue weighted by Crippen LogP contribution is 2.69. The van der Waals surface area contributed by atoms with Crippen LogP contribution in [0.2, 0.25) is 0 Å². The molecule has 2 nitrogen and oxygen atoms in total. The number of rotatable bonds is 5. The summed E-state index contributed by atoms with van der Waals surface area (Å²) in [6, 6.07) is 0. The van der Waals surface area contributed by atoms with Crippen LogP contribution in [0, 0.1) is 52.3 Å². The third kappa shape index (κ3) is 5.08. The summed E-state index contributed by atoms with van der Waals surface area (Å²) >= 11 is 0. The number of aliphatic hydroxyl groups excluding tert-OH is 2. The molecule has 4 rings (SSSR count). The number of alkyl halides is 3. The molecule has 0 aliphatic heterocycles. The first-order valence-electron chi connectivity index (χ1n) is 14.3. The molecule has 0 heterocycles. The van der Waals surface area contributed by atoms with Crippen molar-refractivity contribution in [1.29, 1.82) is 0 Å². The fourth-order valence-electron chi connectivity index (χ4n) is 9.21. The maximum Gasteiger partial charge on any atom is 0.392 e. The van der Waals surface area contributed by atoms with Gasteiger partial charge >= 0.3 is 6.18 Å². The van der Waals surface area contributed by atoms with E-state index in [2.05, 4.69) is 13.8 Å². The Labute approximate surface area is 206 Å². The molecule has 0 aromatic carbocycles. The molecular weight excluding hydrogens is 437 g/mol. The summed E-state index contributed by atoms with van der Waals surface area (Å²) in [6.45, 7) is 12.4. The van der Waals surface area contributed by atoms with Gasteiger partial charge in [0.05, 0.1) is 18.1 Å². The zero-order chi connectivity index (χ0) is 25.5. The second-order valence-corrected chi connectivity index (χ2v) is 12.9. The third-order valence-electron chi connectivity index (χ3n) is 11.2. The van der Waals surface area contributed by atoms with Crippen LogP contribution in [0.4, 0.5) is 13.2 Å². The van der Waals surface area contributed by atoms with Crippen molar-refractivity contribution in [3.63, 3.8) is 0 Å². The fraction of sp³-hybridized carbons (Fsp3) is 1.00. The van der Waals surface area contributed by atoms with Crippen molar-refractivity contribution < 1.29 is 23.4 Å². The minimum Gasteiger partial charge on any atom is -0.393 e. The van der Waals surface area contributed by atoms with Crippen LogP contribution in [0.5, 0.6) is 0 Å². The number of hydrogen-bond donors (Lipinski definition) is 2. The van der Waals surface area contributed by atoms with Gasteiger partial charge in [-0.1, -0.05) is 41.5 Å². The van der Waals surface area contributed by atoms with Crippen molar-refractivity contribution in [1.82, 2.24) is 0 Å². The van der Waals surface area contributed by atoms with Crippen LogP contribution in [-0.4, -0.2) is 28.6 Å². The summed E-state index contributed by atoms with van der Waals surface area (Å²) in [5, 5.41) is 20.4. The van der Waals surface area contributed by atoms with Crippen LogP contribution in [0.25, 0.3) is 0 Å². The van der Waals surface area contributed by atoms with Crippen molar-refractivity contribution >= 4 is 0 Å². The maximum atomic E-state index is 14.3. The van der Waals surface area contributed by atoms with Crippen LogP contribution in [0.3, 0.4) is 0 Å². The van der Waals surface area contributed by atoms with E-state index in [9.17, 15) is 23.4 Å². The molecule has 10 atom stereocenters. The van der Waals surface area contributed by atoms with Crippen molar-refractivity contribution in [2.45, 2.75) is 131 Å². The van der Waals surface area contributed by atoms with E-state index in [0.29, 0.717) is 30.1 Å². The van der Waals surface area contributed by atoms with E-state index in [0.717, 1.165) is 51.4 Å². The van der Waals surface area contributed by atoms with E-state index in [1.807, 2.05) is 27.7 Å². The quantitative estimate of drug-likeness (QED) is 0.411. The average molecular weight is 489 g/mol. The molecule has 2 N–H and O–H groups in total. The van der Waals surface area contributed by atoms with Gasteiger partial charge in [0.1, 0.15) is 0 Å². The monoisotopic (exact) mass is 488 g/mol. The average Bonchev–Trinajstić information content (AvgIpc) is 3.11. The summed E-state index contributed by atoms with van der Waals surface area (Å²) in [5.41, 5.74) is 0.0217. The lowest BCUT2D eigenvalue weighted by molar-refractivity contribution is -0.210. The van der Waals surface area contributed by atoms with E-state index < -0.39 is 18.2 Å². The highest BCUT2D eigenvalue weighted by atomic mass is 19.4. The summed E-state index contributed by atoms with van der Waals surface area (Å²) in [4.78, 5) is 0. The molecule has 0 spiro atoms. The Kier molecular flexibility index (Phi) is 8.82. The van der Waals surface area contributed by atoms with Gasteiger partial charge in [-0.05, 0) is 117 Å². The molecular formula is C29H51F3O2. The van der Waals surface area contributed by atoms with Crippen LogP contribution < -0.4 is 0 Å². The van der Waals surface area contributed by atoms with Gasteiger partial charge in [-0.15, -0.1) is 0 Å². The van der Waals surface area contributed by atoms with E-state index in [-0.39, 0.29) is 41.6 Å². The van der Waals surface area contributed by atoms with Crippen LogP contribution in [0.15, 0.2) is 0 Å². The molecule has 4 fully saturated rings. The SMILES string of the molecule is CC.CC(C)C(O)CCC(C1CCC2C3CC[C@H]4CC(O)CCC4(C)C3CCC21C)C(F)(F)F. The zero-order valence-corrected chi connectivity index (χ0v) is 22.5. The van der Waals surface area contributed by atoms with Crippen molar-refractivity contribution in [3.8, 4) is 0 Å². The Morgan fingerprint density at radius 3 is 2.09 bits per heavy atom. The van der Waals surface area contributed by atoms with Gasteiger partial charge in [-0.3, -0.25) is 0 Å². The topological polar surface area (TPSA) is 40.5 Å². The molecule has 4 aliphatic carbocycles. The number of aliphatic hydroxyl groups is 2. The maximum absolute atomic E-state index is 14.3. The Hall–Kier alpha value is -0.290. The summed E-state index contributed by atoms with van der Waals surface area (Å²) in [7, 11) is 0. The lowest BCUT2D eigenvalue weighted by atomic mass is 9.44. The zero-order valence-electron chi connectivity index (χ0n) is 22.5. The molecule has 0 amide bonds. The number of halogens is 3. The second kappa shape index (κ2) is 10.6. The normalized spacial score (nSPS) is 43.8. The van der Waals surface area contributed by atoms with E-state index in [1.165, 1.54) is 0 Å². The standard InChI is InChI=1S/C27H45F3O2.C2H6/c1-16(2)24(32)10-9-23(27(28,29)30)22-8-7-20-19-6-5-17-15-18(31)11-13-25(17,3)21(19)12-14-26(20,22)4;1-2/h16-24,31-32H,5-15H2,1-4H3;1-2H3/t17-,18?,19?,20?,21?,22?,23?,24?,25?,26?;/m0./s1. The summed E-state index contributed by atoms with van der Waals surface area (Å²) < 4.78 is 42.9. The van der Waals surface area contributed by atoms with Crippen molar-refractivity contribution in [2.24, 2.45) is 52.3 Å². The van der Waals surface area contributed by atoms with E-state index in [1.54, 1.807) is 0 Å². The minimum atomic E-state index is -4.20. The van der Waals surface area contributed by atoms with Gasteiger partial charge in [-0.25, -0.2) is 0 Å². The summed E-state index contributed by atoms with van der Waals surface area (Å²) in [6.07, 6.45) is 4.01. The van der Waals surface area contributed by atoms with Crippen molar-refractivity contribution in [2.75, 3.05) is 0 Å². The van der Waals surface area contributed by atoms with E-state index >= 15 is 0 Å². The largest absolute Gasteiger partial charge is 0.393 e. The fourth-order valence-corrected chi connectivity index (χ4v) is 9.21. The molecule has 0 bridgehead atoms. The Balaban J connectivity index is 0.00000158. The van der Waals surface area contributed by atoms with Gasteiger partial charge in [0.15, 0.2) is 0 Å². The van der Waals surface area contributed by atoms with Gasteiger partial charge in [0, 0.05) is 0 Å². The molecule has 4 aliphatic rings. The first kappa shape index (κ1) is 28.3. The second-order valence-electron chi connectivity index (χ2n) is 12.9. The summed E-state index contributed by atoms with van der Waals surface area (Å²) in [5.74, 6) is 0.523. The first-order chi connectivity index (χ1) is 15.9. The highest BCUT2D eigenvalue weighted by Gasteiger charge is 2.63. The van der Waals surface area contributed by atoms with Crippen LogP contribution in [0.1, 0.15) is 112 Å². The van der Waals surface area contributed by atoms with Gasteiger partial charge < -0.3 is 10.2 Å². The Morgan fingerprint density at radius 2 is 1.47 bits per heavy atom. The molecule has 4 saturated carbocycles. The van der Waals surface area contributed by atoms with Gasteiger partial charge in [-0.2, -0.15) is 13.2 Å². The van der Waals surface area contributed by atoms with Crippen LogP contribution >= 0.6 is 0 Å². The van der Waals surface area contributed by atoms with Crippen molar-refractivity contribution in [3.05, 3.63) is 0 Å². The molecule has 5 heteroatoms. The van der Waals surface area contributed by atoms with Gasteiger partial charge in [0.2, 0.25) is 0 Å². The number of fused-ring (bicyclic) bond motifs is 5. The molecule has 0 aromatic rings. The molecule has 0 radical (unpaired) electrons. The predicted molar refractivity (Wildman–Crippen MR) is 132 cm³/mol. The third-order valence-corrected chi connectivity index (χ3v) is 11.2. The molecule has 200 valence electrons. The van der Waals surface area contributed by atoms with Crippen LogP contribution in [-0.2, 0) is 0 Å². The minimum absolute atomic E-state index is 0.00354. The van der Waals surface area contributed by atoms with Gasteiger partial charge in [0.25, 0.3) is 0 Å². The molecule has 0 aromatic heterocycles. The smallest absolute Gasteiger partial charge is 0.392 e. The number of hydrogen-bond acceptors (Lipinski definition) is 2. The predicted octanol–water partition coefficient (Wildman–Crippen LogP) is 8.01. The lowest BCUT2D eigenvalue weighted by Gasteiger charge is -2.61.